The molecule has 0 N–H and O–H groups in total. The molecule has 0 aliphatic rings. The van der Waals surface area contributed by atoms with Crippen molar-refractivity contribution in [1.82, 2.24) is 0 Å². The van der Waals surface area contributed by atoms with Crippen LogP contribution in [0.3, 0.4) is 0 Å². The summed E-state index contributed by atoms with van der Waals surface area (Å²) in [6.07, 6.45) is 51.9. The maximum Gasteiger partial charge on any atom is 0.306 e. The summed E-state index contributed by atoms with van der Waals surface area (Å²) in [5.74, 6) is -0.862. The van der Waals surface area contributed by atoms with Crippen molar-refractivity contribution in [1.29, 1.82) is 0 Å². The summed E-state index contributed by atoms with van der Waals surface area (Å²) < 4.78 is 16.8. The fourth-order valence-electron chi connectivity index (χ4n) is 7.61. The number of rotatable bonds is 47. The van der Waals surface area contributed by atoms with Crippen LogP contribution < -0.4 is 0 Å². The van der Waals surface area contributed by atoms with Crippen LogP contribution in [-0.2, 0) is 28.6 Å². The van der Waals surface area contributed by atoms with Gasteiger partial charge in [0.15, 0.2) is 6.10 Å². The number of hydrogen-bond acceptors (Lipinski definition) is 6. The van der Waals surface area contributed by atoms with Crippen LogP contribution in [0.4, 0.5) is 0 Å². The molecule has 0 aliphatic carbocycles. The molecule has 0 amide bonds. The maximum absolute atomic E-state index is 12.8. The minimum absolute atomic E-state index is 0.0676. The monoisotopic (exact) mass is 819 g/mol. The molecule has 1 atom stereocenters. The molecule has 0 aromatic carbocycles. The second kappa shape index (κ2) is 47.8. The highest BCUT2D eigenvalue weighted by atomic mass is 16.6. The molecule has 0 saturated carbocycles. The molecular weight excluding hydrogens is 721 g/mol. The van der Waals surface area contributed by atoms with Gasteiger partial charge in [0.1, 0.15) is 13.2 Å². The minimum Gasteiger partial charge on any atom is -0.462 e. The van der Waals surface area contributed by atoms with Crippen molar-refractivity contribution in [3.63, 3.8) is 0 Å². The molecule has 6 heteroatoms. The number of hydrogen-bond donors (Lipinski definition) is 0. The van der Waals surface area contributed by atoms with Crippen LogP contribution in [0.2, 0.25) is 0 Å². The predicted octanol–water partition coefficient (Wildman–Crippen LogP) is 16.6. The topological polar surface area (TPSA) is 78.9 Å². The first kappa shape index (κ1) is 56.1. The van der Waals surface area contributed by atoms with E-state index in [0.29, 0.717) is 19.3 Å². The molecule has 0 spiro atoms. The third-order valence-electron chi connectivity index (χ3n) is 11.5. The molecule has 0 aliphatic heterocycles. The van der Waals surface area contributed by atoms with Gasteiger partial charge in [-0.15, -0.1) is 0 Å². The molecule has 0 bridgehead atoms. The molecule has 342 valence electrons. The van der Waals surface area contributed by atoms with Gasteiger partial charge >= 0.3 is 17.9 Å². The van der Waals surface area contributed by atoms with Crippen LogP contribution in [0.5, 0.6) is 0 Å². The second-order valence-electron chi connectivity index (χ2n) is 17.4. The summed E-state index contributed by atoms with van der Waals surface area (Å²) >= 11 is 0. The highest BCUT2D eigenvalue weighted by molar-refractivity contribution is 5.71. The van der Waals surface area contributed by atoms with Crippen LogP contribution in [0, 0.1) is 0 Å². The van der Waals surface area contributed by atoms with E-state index in [1.807, 2.05) is 0 Å². The molecule has 58 heavy (non-hydrogen) atoms. The molecule has 0 heterocycles. The van der Waals surface area contributed by atoms with E-state index < -0.39 is 6.10 Å². The quantitative estimate of drug-likeness (QED) is 0.0263. The number of esters is 3. The Hall–Kier alpha value is -1.85. The van der Waals surface area contributed by atoms with Crippen molar-refractivity contribution < 1.29 is 28.6 Å². The normalized spacial score (nSPS) is 12.0. The summed E-state index contributed by atoms with van der Waals surface area (Å²) in [6, 6.07) is 0. The molecule has 0 rings (SSSR count). The van der Waals surface area contributed by atoms with Crippen molar-refractivity contribution >= 4 is 17.9 Å². The highest BCUT2D eigenvalue weighted by Crippen LogP contribution is 2.16. The zero-order valence-corrected chi connectivity index (χ0v) is 39.1. The minimum atomic E-state index is -0.765. The lowest BCUT2D eigenvalue weighted by Crippen LogP contribution is -2.30. The zero-order valence-electron chi connectivity index (χ0n) is 39.1. The summed E-state index contributed by atoms with van der Waals surface area (Å²) in [7, 11) is 0. The Kier molecular flexibility index (Phi) is 46.3. The Morgan fingerprint density at radius 3 is 0.862 bits per heavy atom. The van der Waals surface area contributed by atoms with E-state index >= 15 is 0 Å². The number of ether oxygens (including phenoxy) is 3. The first-order valence-corrected chi connectivity index (χ1v) is 25.7. The summed E-state index contributed by atoms with van der Waals surface area (Å²) in [6.45, 7) is 6.65. The average Bonchev–Trinajstić information content (AvgIpc) is 3.22. The zero-order chi connectivity index (χ0) is 42.3. The Morgan fingerprint density at radius 1 is 0.328 bits per heavy atom. The van der Waals surface area contributed by atoms with Gasteiger partial charge in [-0.2, -0.15) is 0 Å². The van der Waals surface area contributed by atoms with Crippen LogP contribution in [0.15, 0.2) is 12.2 Å². The van der Waals surface area contributed by atoms with E-state index in [0.717, 1.165) is 64.2 Å². The van der Waals surface area contributed by atoms with Gasteiger partial charge in [0.25, 0.3) is 0 Å². The maximum atomic E-state index is 12.8. The Balaban J connectivity index is 4.31. The van der Waals surface area contributed by atoms with Crippen molar-refractivity contribution in [2.24, 2.45) is 0 Å². The van der Waals surface area contributed by atoms with E-state index in [-0.39, 0.29) is 31.1 Å². The summed E-state index contributed by atoms with van der Waals surface area (Å²) in [4.78, 5) is 37.9. The Morgan fingerprint density at radius 2 is 0.569 bits per heavy atom. The number of allylic oxidation sites excluding steroid dienone is 2. The molecular formula is C52H98O6. The van der Waals surface area contributed by atoms with E-state index in [1.54, 1.807) is 0 Å². The lowest BCUT2D eigenvalue weighted by Gasteiger charge is -2.18. The molecule has 0 aromatic heterocycles. The molecule has 0 fully saturated rings. The van der Waals surface area contributed by atoms with Gasteiger partial charge in [-0.1, -0.05) is 232 Å². The van der Waals surface area contributed by atoms with E-state index in [4.69, 9.17) is 14.2 Å². The number of carbonyl (C=O) groups excluding carboxylic acids is 3. The van der Waals surface area contributed by atoms with Crippen LogP contribution in [0.1, 0.15) is 284 Å². The van der Waals surface area contributed by atoms with Crippen molar-refractivity contribution in [3.8, 4) is 0 Å². The average molecular weight is 819 g/mol. The van der Waals surface area contributed by atoms with Gasteiger partial charge in [-0.3, -0.25) is 14.4 Å². The number of unbranched alkanes of at least 4 members (excludes halogenated alkanes) is 34. The van der Waals surface area contributed by atoms with Gasteiger partial charge in [0, 0.05) is 19.3 Å². The molecule has 0 radical (unpaired) electrons. The van der Waals surface area contributed by atoms with Gasteiger partial charge < -0.3 is 14.2 Å². The lowest BCUT2D eigenvalue weighted by molar-refractivity contribution is -0.167. The first-order valence-electron chi connectivity index (χ1n) is 25.7. The first-order chi connectivity index (χ1) is 28.5. The molecule has 0 aromatic rings. The van der Waals surface area contributed by atoms with Crippen LogP contribution in [-0.4, -0.2) is 37.2 Å². The van der Waals surface area contributed by atoms with Crippen LogP contribution in [0.25, 0.3) is 0 Å². The van der Waals surface area contributed by atoms with Gasteiger partial charge in [0.05, 0.1) is 0 Å². The van der Waals surface area contributed by atoms with Gasteiger partial charge in [0.2, 0.25) is 0 Å². The van der Waals surface area contributed by atoms with E-state index in [2.05, 4.69) is 32.9 Å². The third kappa shape index (κ3) is 45.2. The van der Waals surface area contributed by atoms with Gasteiger partial charge in [-0.05, 0) is 44.9 Å². The third-order valence-corrected chi connectivity index (χ3v) is 11.5. The Bertz CT molecular complexity index is 900. The van der Waals surface area contributed by atoms with Crippen LogP contribution >= 0.6 is 0 Å². The van der Waals surface area contributed by atoms with Crippen molar-refractivity contribution in [3.05, 3.63) is 12.2 Å². The fraction of sp³-hybridized carbons (Fsp3) is 0.904. The fourth-order valence-corrected chi connectivity index (χ4v) is 7.61. The molecule has 0 saturated heterocycles. The SMILES string of the molecule is CCCCCCCC/C=C\CCCCCCCC(=O)OC[C@@H](COC(=O)CCCCCCCCCCCC)OC(=O)CCCCCCCCCCCCCCCCC. The van der Waals surface area contributed by atoms with Gasteiger partial charge in [-0.25, -0.2) is 0 Å². The molecule has 6 nitrogen and oxygen atoms in total. The van der Waals surface area contributed by atoms with Crippen molar-refractivity contribution in [2.45, 2.75) is 290 Å². The highest BCUT2D eigenvalue weighted by Gasteiger charge is 2.19. The predicted molar refractivity (Wildman–Crippen MR) is 247 cm³/mol. The number of carbonyl (C=O) groups is 3. The van der Waals surface area contributed by atoms with Crippen molar-refractivity contribution in [2.75, 3.05) is 13.2 Å². The van der Waals surface area contributed by atoms with E-state index in [1.165, 1.54) is 180 Å². The largest absolute Gasteiger partial charge is 0.462 e. The second-order valence-corrected chi connectivity index (χ2v) is 17.4. The summed E-state index contributed by atoms with van der Waals surface area (Å²) in [5.41, 5.74) is 0. The Labute approximate surface area is 360 Å². The summed E-state index contributed by atoms with van der Waals surface area (Å²) in [5, 5.41) is 0. The lowest BCUT2D eigenvalue weighted by atomic mass is 10.0. The van der Waals surface area contributed by atoms with E-state index in [9.17, 15) is 14.4 Å². The smallest absolute Gasteiger partial charge is 0.306 e. The standard InChI is InChI=1S/C52H98O6/c1-4-7-10-13-16-19-22-24-26-28-30-33-36-39-42-45-51(54)57-48-49(47-56-50(53)44-41-38-35-32-21-18-15-12-9-6-3)58-52(55)46-43-40-37-34-31-29-27-25-23-20-17-14-11-8-5-2/h24,26,49H,4-23,25,27-48H2,1-3H3/b26-24-/t49-/m1/s1. The molecule has 0 unspecified atom stereocenters.